The van der Waals surface area contributed by atoms with Gasteiger partial charge in [0.2, 0.25) is 0 Å². The first kappa shape index (κ1) is 15.6. The lowest BCUT2D eigenvalue weighted by Crippen LogP contribution is -2.41. The van der Waals surface area contributed by atoms with Gasteiger partial charge in [0.05, 0.1) is 5.02 Å². The van der Waals surface area contributed by atoms with Gasteiger partial charge in [-0.3, -0.25) is 4.79 Å². The molecule has 0 spiro atoms. The standard InChI is InChI=1S/C13H15Cl2NO3S/c1-8-6-9(7-11(12(8)14)20(15,18)19)13(17)16(2)10-4-3-5-10/h6-7,10H,3-5H2,1-2H3. The zero-order chi connectivity index (χ0) is 15.1. The van der Waals surface area contributed by atoms with Crippen molar-refractivity contribution in [3.63, 3.8) is 0 Å². The second kappa shape index (κ2) is 5.54. The second-order valence-corrected chi connectivity index (χ2v) is 7.96. The van der Waals surface area contributed by atoms with E-state index in [9.17, 15) is 13.2 Å². The molecular weight excluding hydrogens is 321 g/mol. The molecule has 1 aliphatic carbocycles. The number of halogens is 2. The molecule has 0 radical (unpaired) electrons. The largest absolute Gasteiger partial charge is 0.339 e. The second-order valence-electron chi connectivity index (χ2n) is 5.04. The van der Waals surface area contributed by atoms with E-state index < -0.39 is 9.05 Å². The summed E-state index contributed by atoms with van der Waals surface area (Å²) in [6.07, 6.45) is 3.08. The van der Waals surface area contributed by atoms with Crippen molar-refractivity contribution >= 4 is 37.2 Å². The normalized spacial score (nSPS) is 15.8. The SMILES string of the molecule is Cc1cc(C(=O)N(C)C2CCC2)cc(S(=O)(=O)Cl)c1Cl. The van der Waals surface area contributed by atoms with Crippen LogP contribution in [0, 0.1) is 6.92 Å². The molecular formula is C13H15Cl2NO3S. The molecule has 7 heteroatoms. The third kappa shape index (κ3) is 2.95. The summed E-state index contributed by atoms with van der Waals surface area (Å²) in [6, 6.07) is 3.06. The van der Waals surface area contributed by atoms with E-state index in [2.05, 4.69) is 0 Å². The summed E-state index contributed by atoms with van der Waals surface area (Å²) < 4.78 is 23.0. The predicted octanol–water partition coefficient (Wildman–Crippen LogP) is 3.20. The van der Waals surface area contributed by atoms with Crippen molar-refractivity contribution in [1.29, 1.82) is 0 Å². The van der Waals surface area contributed by atoms with Gasteiger partial charge >= 0.3 is 0 Å². The number of carbonyl (C=O) groups is 1. The van der Waals surface area contributed by atoms with Crippen LogP contribution in [-0.4, -0.2) is 32.3 Å². The predicted molar refractivity (Wildman–Crippen MR) is 79.0 cm³/mol. The van der Waals surface area contributed by atoms with E-state index in [4.69, 9.17) is 22.3 Å². The van der Waals surface area contributed by atoms with Gasteiger partial charge in [0, 0.05) is 29.3 Å². The van der Waals surface area contributed by atoms with E-state index in [0.29, 0.717) is 11.1 Å². The van der Waals surface area contributed by atoms with E-state index >= 15 is 0 Å². The molecule has 0 saturated heterocycles. The smallest absolute Gasteiger partial charge is 0.262 e. The van der Waals surface area contributed by atoms with E-state index in [0.717, 1.165) is 19.3 Å². The van der Waals surface area contributed by atoms with Crippen LogP contribution < -0.4 is 0 Å². The summed E-state index contributed by atoms with van der Waals surface area (Å²) >= 11 is 5.95. The molecule has 2 rings (SSSR count). The summed E-state index contributed by atoms with van der Waals surface area (Å²) in [5, 5.41) is 0.0582. The third-order valence-corrected chi connectivity index (χ3v) is 5.63. The van der Waals surface area contributed by atoms with E-state index in [1.54, 1.807) is 24.9 Å². The van der Waals surface area contributed by atoms with Crippen molar-refractivity contribution in [1.82, 2.24) is 4.90 Å². The maximum atomic E-state index is 12.4. The van der Waals surface area contributed by atoms with Crippen LogP contribution in [0.3, 0.4) is 0 Å². The summed E-state index contributed by atoms with van der Waals surface area (Å²) in [4.78, 5) is 13.8. The molecule has 1 fully saturated rings. The van der Waals surface area contributed by atoms with Crippen LogP contribution in [0.4, 0.5) is 0 Å². The molecule has 0 bridgehead atoms. The lowest BCUT2D eigenvalue weighted by molar-refractivity contribution is 0.0651. The summed E-state index contributed by atoms with van der Waals surface area (Å²) in [6.45, 7) is 1.65. The number of hydrogen-bond acceptors (Lipinski definition) is 3. The van der Waals surface area contributed by atoms with Crippen LogP contribution in [0.1, 0.15) is 35.2 Å². The van der Waals surface area contributed by atoms with Gasteiger partial charge in [0.1, 0.15) is 4.90 Å². The molecule has 0 aliphatic heterocycles. The van der Waals surface area contributed by atoms with Crippen LogP contribution in [0.15, 0.2) is 17.0 Å². The molecule has 1 amide bonds. The minimum Gasteiger partial charge on any atom is -0.339 e. The van der Waals surface area contributed by atoms with Crippen molar-refractivity contribution in [2.24, 2.45) is 0 Å². The molecule has 4 nitrogen and oxygen atoms in total. The van der Waals surface area contributed by atoms with Crippen LogP contribution in [0.5, 0.6) is 0 Å². The van der Waals surface area contributed by atoms with Crippen molar-refractivity contribution in [3.05, 3.63) is 28.3 Å². The molecule has 0 atom stereocenters. The van der Waals surface area contributed by atoms with Gasteiger partial charge in [-0.05, 0) is 43.9 Å². The van der Waals surface area contributed by atoms with Crippen LogP contribution in [0.2, 0.25) is 5.02 Å². The fraction of sp³-hybridized carbons (Fsp3) is 0.462. The highest BCUT2D eigenvalue weighted by molar-refractivity contribution is 8.13. The Balaban J connectivity index is 2.42. The quantitative estimate of drug-likeness (QED) is 0.797. The van der Waals surface area contributed by atoms with Crippen LogP contribution in [0.25, 0.3) is 0 Å². The fourth-order valence-electron chi connectivity index (χ4n) is 2.18. The van der Waals surface area contributed by atoms with E-state index in [-0.39, 0.29) is 21.9 Å². The first-order chi connectivity index (χ1) is 9.21. The van der Waals surface area contributed by atoms with Crippen LogP contribution in [-0.2, 0) is 9.05 Å². The number of carbonyl (C=O) groups excluding carboxylic acids is 1. The van der Waals surface area contributed by atoms with Crippen molar-refractivity contribution in [2.45, 2.75) is 37.1 Å². The lowest BCUT2D eigenvalue weighted by Gasteiger charge is -2.34. The molecule has 1 aromatic carbocycles. The molecule has 0 aromatic heterocycles. The summed E-state index contributed by atoms with van der Waals surface area (Å²) in [7, 11) is 3.10. The zero-order valence-electron chi connectivity index (χ0n) is 11.2. The monoisotopic (exact) mass is 335 g/mol. The Labute approximate surface area is 128 Å². The van der Waals surface area contributed by atoms with E-state index in [1.807, 2.05) is 0 Å². The Morgan fingerprint density at radius 3 is 2.40 bits per heavy atom. The van der Waals surface area contributed by atoms with Gasteiger partial charge < -0.3 is 4.90 Å². The van der Waals surface area contributed by atoms with Gasteiger partial charge in [-0.15, -0.1) is 0 Å². The molecule has 0 heterocycles. The Kier molecular flexibility index (Phi) is 4.33. The minimum atomic E-state index is -3.98. The van der Waals surface area contributed by atoms with E-state index in [1.165, 1.54) is 6.07 Å². The highest BCUT2D eigenvalue weighted by atomic mass is 35.7. The van der Waals surface area contributed by atoms with Gasteiger partial charge in [0.25, 0.3) is 15.0 Å². The lowest BCUT2D eigenvalue weighted by atomic mass is 9.91. The van der Waals surface area contributed by atoms with Crippen molar-refractivity contribution in [3.8, 4) is 0 Å². The first-order valence-electron chi connectivity index (χ1n) is 6.24. The maximum Gasteiger partial charge on any atom is 0.262 e. The Bertz CT molecular complexity index is 654. The molecule has 0 unspecified atom stereocenters. The van der Waals surface area contributed by atoms with Gasteiger partial charge in [-0.25, -0.2) is 8.42 Å². The maximum absolute atomic E-state index is 12.4. The molecule has 1 saturated carbocycles. The average molecular weight is 336 g/mol. The number of nitrogens with zero attached hydrogens (tertiary/aromatic N) is 1. The molecule has 1 aromatic rings. The Morgan fingerprint density at radius 2 is 1.95 bits per heavy atom. The highest BCUT2D eigenvalue weighted by Crippen LogP contribution is 2.31. The zero-order valence-corrected chi connectivity index (χ0v) is 13.5. The Hall–Kier alpha value is -0.780. The Morgan fingerprint density at radius 1 is 1.35 bits per heavy atom. The van der Waals surface area contributed by atoms with Gasteiger partial charge in [0.15, 0.2) is 0 Å². The number of hydrogen-bond donors (Lipinski definition) is 0. The number of benzene rings is 1. The van der Waals surface area contributed by atoms with Gasteiger partial charge in [-0.2, -0.15) is 0 Å². The molecule has 0 N–H and O–H groups in total. The first-order valence-corrected chi connectivity index (χ1v) is 8.92. The van der Waals surface area contributed by atoms with Crippen molar-refractivity contribution < 1.29 is 13.2 Å². The van der Waals surface area contributed by atoms with Gasteiger partial charge in [-0.1, -0.05) is 11.6 Å². The van der Waals surface area contributed by atoms with Crippen LogP contribution >= 0.6 is 22.3 Å². The number of aryl methyl sites for hydroxylation is 1. The fourth-order valence-corrected chi connectivity index (χ4v) is 3.72. The topological polar surface area (TPSA) is 54.5 Å². The number of amides is 1. The molecule has 20 heavy (non-hydrogen) atoms. The average Bonchev–Trinajstić information content (AvgIpc) is 2.27. The third-order valence-electron chi connectivity index (χ3n) is 3.67. The summed E-state index contributed by atoms with van der Waals surface area (Å²) in [5.74, 6) is -0.212. The summed E-state index contributed by atoms with van der Waals surface area (Å²) in [5.41, 5.74) is 0.805. The minimum absolute atomic E-state index is 0.0582. The van der Waals surface area contributed by atoms with Crippen molar-refractivity contribution in [2.75, 3.05) is 7.05 Å². The molecule has 1 aliphatic rings. The number of rotatable bonds is 3. The highest BCUT2D eigenvalue weighted by Gasteiger charge is 2.28. The molecule has 110 valence electrons.